The lowest BCUT2D eigenvalue weighted by atomic mass is 9.98. The van der Waals surface area contributed by atoms with Gasteiger partial charge in [0.25, 0.3) is 5.91 Å². The lowest BCUT2D eigenvalue weighted by Crippen LogP contribution is -2.34. The van der Waals surface area contributed by atoms with Crippen molar-refractivity contribution >= 4 is 11.6 Å². The number of hydrogen-bond acceptors (Lipinski definition) is 5. The van der Waals surface area contributed by atoms with Crippen LogP contribution in [0.5, 0.6) is 5.75 Å². The molecule has 0 atom stereocenters. The fourth-order valence-electron chi connectivity index (χ4n) is 3.64. The Morgan fingerprint density at radius 1 is 1.26 bits per heavy atom. The maximum atomic E-state index is 14.6. The normalized spacial score (nSPS) is 12.8. The molecule has 1 aliphatic rings. The molecule has 1 N–H and O–H groups in total. The summed E-state index contributed by atoms with van der Waals surface area (Å²) in [5.74, 6) is -0.122. The van der Waals surface area contributed by atoms with E-state index >= 15 is 0 Å². The lowest BCUT2D eigenvalue weighted by Gasteiger charge is -2.33. The molecular weight excluding hydrogens is 397 g/mol. The molecule has 0 spiro atoms. The van der Waals surface area contributed by atoms with Crippen molar-refractivity contribution in [1.82, 2.24) is 10.3 Å². The van der Waals surface area contributed by atoms with Crippen molar-refractivity contribution in [3.63, 3.8) is 0 Å². The minimum Gasteiger partial charge on any atom is -0.489 e. The molecule has 3 aromatic rings. The van der Waals surface area contributed by atoms with Gasteiger partial charge in [-0.1, -0.05) is 24.3 Å². The maximum Gasteiger partial charge on any atom is 0.255 e. The zero-order valence-electron chi connectivity index (χ0n) is 17.3. The molecule has 7 heteroatoms. The molecule has 1 amide bonds. The highest BCUT2D eigenvalue weighted by molar-refractivity contribution is 6.01. The van der Waals surface area contributed by atoms with Crippen molar-refractivity contribution in [1.29, 1.82) is 0 Å². The fourth-order valence-corrected chi connectivity index (χ4v) is 3.64. The van der Waals surface area contributed by atoms with Crippen molar-refractivity contribution in [3.05, 3.63) is 77.9 Å². The molecule has 0 aliphatic carbocycles. The van der Waals surface area contributed by atoms with Gasteiger partial charge < -0.3 is 19.7 Å². The molecule has 0 fully saturated rings. The van der Waals surface area contributed by atoms with E-state index in [4.69, 9.17) is 9.47 Å². The van der Waals surface area contributed by atoms with E-state index < -0.39 is 0 Å². The molecule has 6 nitrogen and oxygen atoms in total. The zero-order chi connectivity index (χ0) is 21.6. The van der Waals surface area contributed by atoms with Crippen LogP contribution in [-0.4, -0.2) is 44.3 Å². The first kappa shape index (κ1) is 20.8. The molecule has 4 rings (SSSR count). The number of pyridine rings is 1. The number of carbonyl (C=O) groups is 1. The van der Waals surface area contributed by atoms with Gasteiger partial charge in [0.1, 0.15) is 12.4 Å². The maximum absolute atomic E-state index is 14.6. The Morgan fingerprint density at radius 3 is 2.90 bits per heavy atom. The Morgan fingerprint density at radius 2 is 2.13 bits per heavy atom. The van der Waals surface area contributed by atoms with Gasteiger partial charge in [0, 0.05) is 38.2 Å². The van der Waals surface area contributed by atoms with Crippen LogP contribution in [0, 0.1) is 5.82 Å². The highest BCUT2D eigenvalue weighted by Crippen LogP contribution is 2.40. The van der Waals surface area contributed by atoms with Gasteiger partial charge in [-0.05, 0) is 35.4 Å². The number of fused-ring (bicyclic) bond motifs is 1. The van der Waals surface area contributed by atoms with Crippen molar-refractivity contribution in [3.8, 4) is 16.9 Å². The number of methoxy groups -OCH3 is 1. The molecule has 2 heterocycles. The highest BCUT2D eigenvalue weighted by atomic mass is 19.1. The highest BCUT2D eigenvalue weighted by Gasteiger charge is 2.26. The third-order valence-electron chi connectivity index (χ3n) is 5.14. The van der Waals surface area contributed by atoms with E-state index in [9.17, 15) is 9.18 Å². The molecule has 0 saturated heterocycles. The number of amides is 1. The number of rotatable bonds is 7. The first-order valence-corrected chi connectivity index (χ1v) is 10.1. The van der Waals surface area contributed by atoms with Gasteiger partial charge in [-0.15, -0.1) is 0 Å². The summed E-state index contributed by atoms with van der Waals surface area (Å²) in [6.07, 6.45) is 3.55. The Bertz CT molecular complexity index is 1060. The first-order valence-electron chi connectivity index (χ1n) is 10.1. The van der Waals surface area contributed by atoms with Crippen LogP contribution in [0.25, 0.3) is 11.1 Å². The van der Waals surface area contributed by atoms with Crippen molar-refractivity contribution in [2.24, 2.45) is 0 Å². The van der Waals surface area contributed by atoms with Crippen molar-refractivity contribution in [2.45, 2.75) is 6.54 Å². The number of aromatic nitrogens is 1. The average molecular weight is 421 g/mol. The fraction of sp³-hybridized carbons (Fsp3) is 0.250. The Balaban J connectivity index is 1.78. The molecule has 1 aliphatic heterocycles. The minimum atomic E-state index is -0.344. The minimum absolute atomic E-state index is 0.283. The zero-order valence-corrected chi connectivity index (χ0v) is 17.3. The van der Waals surface area contributed by atoms with E-state index in [1.54, 1.807) is 37.6 Å². The molecule has 31 heavy (non-hydrogen) atoms. The standard InChI is InChI=1S/C24H24FN3O3/c1-30-11-9-27-24(29)20-13-18(19-6-2-3-7-21(19)25)14-22-23(20)31-12-10-28(22)16-17-5-4-8-26-15-17/h2-8,13-15H,9-12,16H2,1H3,(H,27,29). The summed E-state index contributed by atoms with van der Waals surface area (Å²) >= 11 is 0. The Hall–Kier alpha value is -3.45. The summed E-state index contributed by atoms with van der Waals surface area (Å²) in [4.78, 5) is 19.3. The molecule has 0 unspecified atom stereocenters. The Kier molecular flexibility index (Phi) is 6.43. The van der Waals surface area contributed by atoms with Crippen LogP contribution in [0.1, 0.15) is 15.9 Å². The smallest absolute Gasteiger partial charge is 0.255 e. The number of nitrogens with zero attached hydrogens (tertiary/aromatic N) is 2. The summed E-state index contributed by atoms with van der Waals surface area (Å²) < 4.78 is 25.5. The molecule has 0 saturated carbocycles. The van der Waals surface area contributed by atoms with Crippen LogP contribution in [0.3, 0.4) is 0 Å². The van der Waals surface area contributed by atoms with Gasteiger partial charge in [0.05, 0.1) is 24.4 Å². The van der Waals surface area contributed by atoms with E-state index in [0.29, 0.717) is 55.3 Å². The number of benzene rings is 2. The van der Waals surface area contributed by atoms with Crippen LogP contribution in [0.2, 0.25) is 0 Å². The van der Waals surface area contributed by atoms with Crippen molar-refractivity contribution < 1.29 is 18.7 Å². The number of ether oxygens (including phenoxy) is 2. The largest absolute Gasteiger partial charge is 0.489 e. The summed E-state index contributed by atoms with van der Waals surface area (Å²) in [5.41, 5.74) is 3.23. The predicted molar refractivity (Wildman–Crippen MR) is 117 cm³/mol. The van der Waals surface area contributed by atoms with Gasteiger partial charge in [-0.25, -0.2) is 4.39 Å². The molecular formula is C24H24FN3O3. The number of carbonyl (C=O) groups excluding carboxylic acids is 1. The summed E-state index contributed by atoms with van der Waals surface area (Å²) in [6.45, 7) is 2.47. The average Bonchev–Trinajstić information content (AvgIpc) is 2.80. The Labute approximate surface area is 180 Å². The number of halogens is 1. The van der Waals surface area contributed by atoms with Crippen LogP contribution >= 0.6 is 0 Å². The van der Waals surface area contributed by atoms with E-state index in [1.165, 1.54) is 6.07 Å². The summed E-state index contributed by atoms with van der Waals surface area (Å²) in [6, 6.07) is 14.0. The first-order chi connectivity index (χ1) is 15.2. The molecule has 1 aromatic heterocycles. The third kappa shape index (κ3) is 4.67. The second-order valence-electron chi connectivity index (χ2n) is 7.23. The topological polar surface area (TPSA) is 63.7 Å². The van der Waals surface area contributed by atoms with Gasteiger partial charge in [-0.2, -0.15) is 0 Å². The number of hydrogen-bond donors (Lipinski definition) is 1. The predicted octanol–water partition coefficient (Wildman–Crippen LogP) is 3.66. The van der Waals surface area contributed by atoms with Crippen LogP contribution in [0.15, 0.2) is 60.9 Å². The van der Waals surface area contributed by atoms with E-state index in [2.05, 4.69) is 15.2 Å². The van der Waals surface area contributed by atoms with Gasteiger partial charge >= 0.3 is 0 Å². The lowest BCUT2D eigenvalue weighted by molar-refractivity contribution is 0.0932. The number of anilines is 1. The second kappa shape index (κ2) is 9.57. The van der Waals surface area contributed by atoms with E-state index in [0.717, 1.165) is 11.3 Å². The third-order valence-corrected chi connectivity index (χ3v) is 5.14. The molecule has 0 bridgehead atoms. The number of nitrogens with one attached hydrogen (secondary N) is 1. The quantitative estimate of drug-likeness (QED) is 0.590. The van der Waals surface area contributed by atoms with Crippen LogP contribution in [0.4, 0.5) is 10.1 Å². The van der Waals surface area contributed by atoms with Crippen LogP contribution in [-0.2, 0) is 11.3 Å². The SMILES string of the molecule is COCCNC(=O)c1cc(-c2ccccc2F)cc2c1OCCN2Cc1cccnc1. The van der Waals surface area contributed by atoms with E-state index in [1.807, 2.05) is 24.4 Å². The summed E-state index contributed by atoms with van der Waals surface area (Å²) in [5, 5.41) is 2.84. The van der Waals surface area contributed by atoms with E-state index in [-0.39, 0.29) is 11.7 Å². The van der Waals surface area contributed by atoms with Crippen LogP contribution < -0.4 is 15.0 Å². The monoisotopic (exact) mass is 421 g/mol. The molecule has 2 aromatic carbocycles. The van der Waals surface area contributed by atoms with Gasteiger partial charge in [0.2, 0.25) is 0 Å². The second-order valence-corrected chi connectivity index (χ2v) is 7.23. The van der Waals surface area contributed by atoms with Crippen molar-refractivity contribution in [2.75, 3.05) is 38.3 Å². The molecule has 0 radical (unpaired) electrons. The van der Waals surface area contributed by atoms with Gasteiger partial charge in [-0.3, -0.25) is 9.78 Å². The summed E-state index contributed by atoms with van der Waals surface area (Å²) in [7, 11) is 1.58. The molecule has 160 valence electrons. The van der Waals surface area contributed by atoms with Gasteiger partial charge in [0.15, 0.2) is 5.75 Å².